The van der Waals surface area contributed by atoms with Crippen LogP contribution in [-0.2, 0) is 38.3 Å². The van der Waals surface area contributed by atoms with Crippen LogP contribution in [0.4, 0.5) is 0 Å². The number of aliphatic hydroxyl groups excluding tert-OH is 6. The van der Waals surface area contributed by atoms with Crippen molar-refractivity contribution in [2.45, 2.75) is 123 Å². The number of esters is 1. The molecule has 0 radical (unpaired) electrons. The average molecular weight is 645 g/mol. The summed E-state index contributed by atoms with van der Waals surface area (Å²) in [5.41, 5.74) is 0.278. The first-order chi connectivity index (χ1) is 19.6. The fraction of sp³-hybridized carbons (Fsp3) is 0.889. The first kappa shape index (κ1) is 37.9. The number of hydrogen-bond donors (Lipinski definition) is 7. The minimum absolute atomic E-state index is 0.0267. The predicted molar refractivity (Wildman–Crippen MR) is 148 cm³/mol. The molecule has 2 fully saturated rings. The lowest BCUT2D eigenvalue weighted by Gasteiger charge is -2.45. The largest absolute Gasteiger partial charge is 0.453 e. The minimum Gasteiger partial charge on any atom is -0.453 e. The zero-order valence-corrected chi connectivity index (χ0v) is 26.4. The lowest BCUT2D eigenvalue weighted by Crippen LogP contribution is -2.64. The highest BCUT2D eigenvalue weighted by atomic mass is 32.3. The molecule has 0 saturated carbocycles. The van der Waals surface area contributed by atoms with E-state index in [4.69, 9.17) is 23.5 Å². The van der Waals surface area contributed by atoms with E-state index in [-0.39, 0.29) is 22.3 Å². The minimum atomic E-state index is -5.24. The van der Waals surface area contributed by atoms with Gasteiger partial charge in [0.1, 0.15) is 36.6 Å². The molecule has 0 amide bonds. The highest BCUT2D eigenvalue weighted by molar-refractivity contribution is 7.80. The van der Waals surface area contributed by atoms with E-state index in [0.29, 0.717) is 0 Å². The molecule has 2 rings (SSSR count). The van der Waals surface area contributed by atoms with Gasteiger partial charge < -0.3 is 49.6 Å². The molecular formula is C27H48O15S. The molecule has 0 bridgehead atoms. The van der Waals surface area contributed by atoms with Crippen molar-refractivity contribution in [2.24, 2.45) is 16.7 Å². The van der Waals surface area contributed by atoms with Gasteiger partial charge in [-0.05, 0) is 36.5 Å². The van der Waals surface area contributed by atoms with Crippen LogP contribution in [0.5, 0.6) is 0 Å². The molecule has 11 atom stereocenters. The van der Waals surface area contributed by atoms with E-state index >= 15 is 0 Å². The van der Waals surface area contributed by atoms with E-state index in [1.807, 2.05) is 6.92 Å². The van der Waals surface area contributed by atoms with Crippen molar-refractivity contribution in [3.05, 3.63) is 11.6 Å². The molecule has 2 aliphatic heterocycles. The molecule has 43 heavy (non-hydrogen) atoms. The lowest BCUT2D eigenvalue weighted by atomic mass is 9.72. The summed E-state index contributed by atoms with van der Waals surface area (Å²) in [6, 6.07) is 0. The second-order valence-corrected chi connectivity index (χ2v) is 14.4. The number of aliphatic hydroxyl groups is 6. The maximum atomic E-state index is 13.0. The summed E-state index contributed by atoms with van der Waals surface area (Å²) < 4.78 is 57.8. The Morgan fingerprint density at radius 3 is 1.93 bits per heavy atom. The monoisotopic (exact) mass is 644 g/mol. The Balaban J connectivity index is 2.23. The Labute approximate surface area is 252 Å². The van der Waals surface area contributed by atoms with Gasteiger partial charge >= 0.3 is 16.4 Å². The number of allylic oxidation sites excluding steroid dienone is 1. The van der Waals surface area contributed by atoms with Gasteiger partial charge in [0.2, 0.25) is 0 Å². The summed E-state index contributed by atoms with van der Waals surface area (Å²) in [5.74, 6) is -0.901. The Morgan fingerprint density at radius 2 is 1.42 bits per heavy atom. The van der Waals surface area contributed by atoms with Crippen LogP contribution in [0, 0.1) is 16.7 Å². The molecule has 0 aromatic heterocycles. The number of hydrogen-bond acceptors (Lipinski definition) is 14. The molecule has 0 spiro atoms. The second-order valence-electron chi connectivity index (χ2n) is 13.3. The fourth-order valence-corrected chi connectivity index (χ4v) is 6.48. The summed E-state index contributed by atoms with van der Waals surface area (Å²) >= 11 is 0. The van der Waals surface area contributed by atoms with Gasteiger partial charge in [-0.3, -0.25) is 4.55 Å². The summed E-state index contributed by atoms with van der Waals surface area (Å²) in [6.07, 6.45) is -14.9. The normalized spacial score (nSPS) is 35.4. The molecule has 0 aromatic rings. The van der Waals surface area contributed by atoms with Crippen LogP contribution in [0.3, 0.4) is 0 Å². The number of rotatable bonds is 12. The van der Waals surface area contributed by atoms with E-state index in [2.05, 4.69) is 38.8 Å². The number of ether oxygens (including phenoxy) is 4. The third-order valence-electron chi connectivity index (χ3n) is 7.13. The smallest absolute Gasteiger partial charge is 0.397 e. The SMILES string of the molecule is C/C(=C\C(C)CC(C)(C)CC(C)(C)C)C(=O)OC1C(O)C(CO)OC(OC2OC(CO)C(O)C(O)C2OS(=O)(=O)O)C1O. The summed E-state index contributed by atoms with van der Waals surface area (Å²) in [7, 11) is -5.24. The van der Waals surface area contributed by atoms with Gasteiger partial charge in [-0.2, -0.15) is 8.42 Å². The second kappa shape index (κ2) is 14.9. The van der Waals surface area contributed by atoms with Crippen LogP contribution >= 0.6 is 0 Å². The summed E-state index contributed by atoms with van der Waals surface area (Å²) in [6.45, 7) is 12.5. The number of carbonyl (C=O) groups is 1. The molecular weight excluding hydrogens is 596 g/mol. The van der Waals surface area contributed by atoms with Gasteiger partial charge in [0.25, 0.3) is 0 Å². The number of carbonyl (C=O) groups excluding carboxylic acids is 1. The quantitative estimate of drug-likeness (QED) is 0.0799. The summed E-state index contributed by atoms with van der Waals surface area (Å²) in [4.78, 5) is 13.0. The molecule has 2 aliphatic rings. The van der Waals surface area contributed by atoms with Crippen LogP contribution in [0.15, 0.2) is 11.6 Å². The Kier molecular flexibility index (Phi) is 13.1. The zero-order chi connectivity index (χ0) is 33.1. The molecule has 0 aromatic carbocycles. The zero-order valence-electron chi connectivity index (χ0n) is 25.6. The van der Waals surface area contributed by atoms with E-state index in [0.717, 1.165) is 12.8 Å². The van der Waals surface area contributed by atoms with Crippen LogP contribution in [-0.4, -0.2) is 124 Å². The molecule has 0 aliphatic carbocycles. The topological polar surface area (TPSA) is 239 Å². The maximum Gasteiger partial charge on any atom is 0.397 e. The Bertz CT molecular complexity index is 1060. The van der Waals surface area contributed by atoms with Gasteiger partial charge in [-0.1, -0.05) is 47.6 Å². The standard InChI is InChI=1S/C27H48O15S/c1-13(9-27(6,7)12-26(3,4)5)8-14(2)23(34)40-21-18(31)16(11-29)38-24(20(21)33)41-25-22(42-43(35,36)37)19(32)17(30)15(10-28)39-25/h8,13,15-22,24-25,28-33H,9-12H2,1-7H3,(H,35,36,37)/b14-8+. The van der Waals surface area contributed by atoms with Crippen LogP contribution in [0.1, 0.15) is 61.3 Å². The average Bonchev–Trinajstić information content (AvgIpc) is 2.84. The van der Waals surface area contributed by atoms with Gasteiger partial charge in [0.15, 0.2) is 24.8 Å². The third kappa shape index (κ3) is 10.9. The molecule has 11 unspecified atom stereocenters. The van der Waals surface area contributed by atoms with E-state index < -0.39 is 91.0 Å². The highest BCUT2D eigenvalue weighted by Gasteiger charge is 2.53. The van der Waals surface area contributed by atoms with Crippen molar-refractivity contribution in [1.82, 2.24) is 0 Å². The van der Waals surface area contributed by atoms with Crippen molar-refractivity contribution in [3.63, 3.8) is 0 Å². The Morgan fingerprint density at radius 1 is 0.884 bits per heavy atom. The first-order valence-electron chi connectivity index (χ1n) is 14.0. The van der Waals surface area contributed by atoms with Gasteiger partial charge in [-0.25, -0.2) is 8.98 Å². The first-order valence-corrected chi connectivity index (χ1v) is 15.4. The maximum absolute atomic E-state index is 13.0. The molecule has 252 valence electrons. The van der Waals surface area contributed by atoms with Crippen molar-refractivity contribution >= 4 is 16.4 Å². The van der Waals surface area contributed by atoms with E-state index in [1.165, 1.54) is 6.92 Å². The van der Waals surface area contributed by atoms with Crippen LogP contribution < -0.4 is 0 Å². The van der Waals surface area contributed by atoms with Crippen LogP contribution in [0.2, 0.25) is 0 Å². The van der Waals surface area contributed by atoms with E-state index in [1.54, 1.807) is 6.08 Å². The van der Waals surface area contributed by atoms with Gasteiger partial charge in [0.05, 0.1) is 13.2 Å². The predicted octanol–water partition coefficient (Wildman–Crippen LogP) is -0.584. The van der Waals surface area contributed by atoms with E-state index in [9.17, 15) is 43.9 Å². The summed E-state index contributed by atoms with van der Waals surface area (Å²) in [5, 5.41) is 61.4. The molecule has 7 N–H and O–H groups in total. The Hall–Kier alpha value is -1.28. The highest BCUT2D eigenvalue weighted by Crippen LogP contribution is 2.38. The van der Waals surface area contributed by atoms with Gasteiger partial charge in [-0.15, -0.1) is 0 Å². The molecule has 2 saturated heterocycles. The van der Waals surface area contributed by atoms with Crippen molar-refractivity contribution in [2.75, 3.05) is 13.2 Å². The van der Waals surface area contributed by atoms with Crippen molar-refractivity contribution in [1.29, 1.82) is 0 Å². The lowest BCUT2D eigenvalue weighted by molar-refractivity contribution is -0.374. The molecule has 16 heteroatoms. The molecule has 2 heterocycles. The van der Waals surface area contributed by atoms with Crippen molar-refractivity contribution in [3.8, 4) is 0 Å². The molecule has 15 nitrogen and oxygen atoms in total. The van der Waals surface area contributed by atoms with Crippen LogP contribution in [0.25, 0.3) is 0 Å². The van der Waals surface area contributed by atoms with Crippen molar-refractivity contribution < 1.29 is 71.5 Å². The third-order valence-corrected chi connectivity index (χ3v) is 7.60. The fourth-order valence-electron chi connectivity index (χ4n) is 6.00. The van der Waals surface area contributed by atoms with Gasteiger partial charge in [0, 0.05) is 5.57 Å².